The van der Waals surface area contributed by atoms with E-state index in [9.17, 15) is 14.7 Å². The van der Waals surface area contributed by atoms with Crippen molar-refractivity contribution in [2.45, 2.75) is 6.42 Å². The molecule has 2 amide bonds. The van der Waals surface area contributed by atoms with Crippen LogP contribution in [0.3, 0.4) is 0 Å². The lowest BCUT2D eigenvalue weighted by molar-refractivity contribution is -0.133. The SMILES string of the molecule is CN(CC(N)=O)C(=O)Cc1cccc(O)c1. The number of amides is 2. The molecule has 0 aromatic heterocycles. The molecule has 0 radical (unpaired) electrons. The number of primary amides is 1. The molecule has 1 aromatic rings. The van der Waals surface area contributed by atoms with Gasteiger partial charge in [0.25, 0.3) is 0 Å². The van der Waals surface area contributed by atoms with Gasteiger partial charge in [-0.2, -0.15) is 0 Å². The van der Waals surface area contributed by atoms with Gasteiger partial charge < -0.3 is 15.7 Å². The Labute approximate surface area is 93.5 Å². The molecular weight excluding hydrogens is 208 g/mol. The van der Waals surface area contributed by atoms with Crippen LogP contribution in [0.5, 0.6) is 5.75 Å². The predicted molar refractivity (Wildman–Crippen MR) is 58.6 cm³/mol. The van der Waals surface area contributed by atoms with Gasteiger partial charge in [-0.25, -0.2) is 0 Å². The summed E-state index contributed by atoms with van der Waals surface area (Å²) < 4.78 is 0. The third kappa shape index (κ3) is 3.61. The number of aromatic hydroxyl groups is 1. The standard InChI is InChI=1S/C11H14N2O3/c1-13(7-10(12)15)11(16)6-8-3-2-4-9(14)5-8/h2-5,14H,6-7H2,1H3,(H2,12,15). The van der Waals surface area contributed by atoms with Gasteiger partial charge in [-0.15, -0.1) is 0 Å². The smallest absolute Gasteiger partial charge is 0.237 e. The highest BCUT2D eigenvalue weighted by atomic mass is 16.3. The van der Waals surface area contributed by atoms with Gasteiger partial charge in [0.15, 0.2) is 0 Å². The van der Waals surface area contributed by atoms with Crippen LogP contribution in [0, 0.1) is 0 Å². The second-order valence-corrected chi connectivity index (χ2v) is 3.56. The van der Waals surface area contributed by atoms with Crippen LogP contribution in [0.1, 0.15) is 5.56 Å². The monoisotopic (exact) mass is 222 g/mol. The maximum absolute atomic E-state index is 11.6. The lowest BCUT2D eigenvalue weighted by atomic mass is 10.1. The lowest BCUT2D eigenvalue weighted by Crippen LogP contribution is -2.36. The van der Waals surface area contributed by atoms with Crippen molar-refractivity contribution < 1.29 is 14.7 Å². The van der Waals surface area contributed by atoms with Crippen LogP contribution < -0.4 is 5.73 Å². The van der Waals surface area contributed by atoms with Gasteiger partial charge in [-0.1, -0.05) is 12.1 Å². The molecule has 0 spiro atoms. The van der Waals surface area contributed by atoms with E-state index in [-0.39, 0.29) is 24.6 Å². The van der Waals surface area contributed by atoms with Crippen LogP contribution in [0.15, 0.2) is 24.3 Å². The molecule has 5 heteroatoms. The number of likely N-dealkylation sites (N-methyl/N-ethyl adjacent to an activating group) is 1. The van der Waals surface area contributed by atoms with E-state index in [4.69, 9.17) is 5.73 Å². The molecule has 16 heavy (non-hydrogen) atoms. The van der Waals surface area contributed by atoms with Crippen molar-refractivity contribution in [2.24, 2.45) is 5.73 Å². The van der Waals surface area contributed by atoms with Gasteiger partial charge in [-0.3, -0.25) is 9.59 Å². The summed E-state index contributed by atoms with van der Waals surface area (Å²) in [4.78, 5) is 23.5. The number of hydrogen-bond donors (Lipinski definition) is 2. The fourth-order valence-corrected chi connectivity index (χ4v) is 1.30. The first-order chi connectivity index (χ1) is 7.49. The number of carbonyl (C=O) groups is 2. The largest absolute Gasteiger partial charge is 0.508 e. The topological polar surface area (TPSA) is 83.6 Å². The summed E-state index contributed by atoms with van der Waals surface area (Å²) in [7, 11) is 1.51. The number of phenols is 1. The Morgan fingerprint density at radius 1 is 1.44 bits per heavy atom. The summed E-state index contributed by atoms with van der Waals surface area (Å²) in [5.74, 6) is -0.654. The molecule has 0 aliphatic carbocycles. The zero-order valence-electron chi connectivity index (χ0n) is 9.01. The zero-order valence-corrected chi connectivity index (χ0v) is 9.01. The quantitative estimate of drug-likeness (QED) is 0.744. The molecule has 1 rings (SSSR count). The molecule has 0 heterocycles. The fraction of sp³-hybridized carbons (Fsp3) is 0.273. The number of benzene rings is 1. The first-order valence-electron chi connectivity index (χ1n) is 4.79. The summed E-state index contributed by atoms with van der Waals surface area (Å²) in [5.41, 5.74) is 5.67. The molecular formula is C11H14N2O3. The maximum Gasteiger partial charge on any atom is 0.237 e. The van der Waals surface area contributed by atoms with Crippen LogP contribution in [-0.2, 0) is 16.0 Å². The third-order valence-electron chi connectivity index (χ3n) is 2.08. The number of carbonyl (C=O) groups excluding carboxylic acids is 2. The van der Waals surface area contributed by atoms with Crippen molar-refractivity contribution in [2.75, 3.05) is 13.6 Å². The summed E-state index contributed by atoms with van der Waals surface area (Å²) in [6.45, 7) is -0.0996. The van der Waals surface area contributed by atoms with Gasteiger partial charge in [0.05, 0.1) is 13.0 Å². The van der Waals surface area contributed by atoms with Gasteiger partial charge in [0.2, 0.25) is 11.8 Å². The molecule has 0 fully saturated rings. The van der Waals surface area contributed by atoms with Crippen LogP contribution in [0.2, 0.25) is 0 Å². The summed E-state index contributed by atoms with van der Waals surface area (Å²) in [5, 5.41) is 9.21. The van der Waals surface area contributed by atoms with Crippen molar-refractivity contribution in [1.29, 1.82) is 0 Å². The Kier molecular flexibility index (Phi) is 3.88. The normalized spacial score (nSPS) is 9.81. The lowest BCUT2D eigenvalue weighted by Gasteiger charge is -2.14. The Balaban J connectivity index is 2.60. The molecule has 0 unspecified atom stereocenters. The molecule has 0 bridgehead atoms. The van der Waals surface area contributed by atoms with Crippen LogP contribution >= 0.6 is 0 Å². The van der Waals surface area contributed by atoms with Gasteiger partial charge >= 0.3 is 0 Å². The number of rotatable bonds is 4. The third-order valence-corrected chi connectivity index (χ3v) is 2.08. The van der Waals surface area contributed by atoms with Crippen LogP contribution in [0.25, 0.3) is 0 Å². The minimum Gasteiger partial charge on any atom is -0.508 e. The Morgan fingerprint density at radius 2 is 2.12 bits per heavy atom. The molecule has 0 saturated heterocycles. The first-order valence-corrected chi connectivity index (χ1v) is 4.79. The molecule has 0 atom stereocenters. The summed E-state index contributed by atoms with van der Waals surface area (Å²) >= 11 is 0. The molecule has 3 N–H and O–H groups in total. The average molecular weight is 222 g/mol. The summed E-state index contributed by atoms with van der Waals surface area (Å²) in [6, 6.07) is 6.43. The Hall–Kier alpha value is -2.04. The minimum absolute atomic E-state index is 0.0996. The number of hydrogen-bond acceptors (Lipinski definition) is 3. The molecule has 0 aliphatic heterocycles. The second kappa shape index (κ2) is 5.16. The minimum atomic E-state index is -0.549. The molecule has 1 aromatic carbocycles. The van der Waals surface area contributed by atoms with Crippen molar-refractivity contribution in [1.82, 2.24) is 4.90 Å². The van der Waals surface area contributed by atoms with E-state index in [1.165, 1.54) is 24.1 Å². The highest BCUT2D eigenvalue weighted by molar-refractivity contribution is 5.84. The number of nitrogens with zero attached hydrogens (tertiary/aromatic N) is 1. The van der Waals surface area contributed by atoms with E-state index in [2.05, 4.69) is 0 Å². The van der Waals surface area contributed by atoms with Gasteiger partial charge in [-0.05, 0) is 17.7 Å². The number of phenolic OH excluding ortho intramolecular Hbond substituents is 1. The fourth-order valence-electron chi connectivity index (χ4n) is 1.30. The van der Waals surface area contributed by atoms with E-state index >= 15 is 0 Å². The predicted octanol–water partition coefficient (Wildman–Crippen LogP) is -0.122. The number of nitrogens with two attached hydrogens (primary N) is 1. The van der Waals surface area contributed by atoms with E-state index in [0.29, 0.717) is 5.56 Å². The van der Waals surface area contributed by atoms with Crippen molar-refractivity contribution in [3.63, 3.8) is 0 Å². The van der Waals surface area contributed by atoms with Crippen LogP contribution in [0.4, 0.5) is 0 Å². The first kappa shape index (κ1) is 12.0. The maximum atomic E-state index is 11.6. The van der Waals surface area contributed by atoms with Crippen molar-refractivity contribution in [3.05, 3.63) is 29.8 Å². The highest BCUT2D eigenvalue weighted by Crippen LogP contribution is 2.11. The van der Waals surface area contributed by atoms with E-state index < -0.39 is 5.91 Å². The summed E-state index contributed by atoms with van der Waals surface area (Å²) in [6.07, 6.45) is 0.137. The molecule has 5 nitrogen and oxygen atoms in total. The second-order valence-electron chi connectivity index (χ2n) is 3.56. The van der Waals surface area contributed by atoms with Crippen LogP contribution in [-0.4, -0.2) is 35.4 Å². The van der Waals surface area contributed by atoms with Gasteiger partial charge in [0.1, 0.15) is 5.75 Å². The van der Waals surface area contributed by atoms with E-state index in [1.807, 2.05) is 0 Å². The van der Waals surface area contributed by atoms with E-state index in [0.717, 1.165) is 0 Å². The zero-order chi connectivity index (χ0) is 12.1. The van der Waals surface area contributed by atoms with Crippen molar-refractivity contribution >= 4 is 11.8 Å². The molecule has 0 aliphatic rings. The van der Waals surface area contributed by atoms with Gasteiger partial charge in [0, 0.05) is 7.05 Å². The van der Waals surface area contributed by atoms with Crippen molar-refractivity contribution in [3.8, 4) is 5.75 Å². The average Bonchev–Trinajstić information content (AvgIpc) is 2.16. The Morgan fingerprint density at radius 3 is 2.69 bits per heavy atom. The molecule has 0 saturated carbocycles. The highest BCUT2D eigenvalue weighted by Gasteiger charge is 2.11. The van der Waals surface area contributed by atoms with E-state index in [1.54, 1.807) is 12.1 Å². The molecule has 86 valence electrons. The Bertz CT molecular complexity index is 404.